The number of aromatic nitrogens is 1. The van der Waals surface area contributed by atoms with Crippen molar-refractivity contribution < 1.29 is 42.9 Å². The Morgan fingerprint density at radius 3 is 2.14 bits per heavy atom. The van der Waals surface area contributed by atoms with Gasteiger partial charge in [-0.2, -0.15) is 13.2 Å². The summed E-state index contributed by atoms with van der Waals surface area (Å²) in [5, 5.41) is 1.89. The largest absolute Gasteiger partial charge is 0.381 e. The third kappa shape index (κ3) is 6.66. The van der Waals surface area contributed by atoms with E-state index < -0.39 is 11.7 Å². The number of pyridine rings is 1. The Labute approximate surface area is 174 Å². The Morgan fingerprint density at radius 2 is 1.64 bits per heavy atom. The summed E-state index contributed by atoms with van der Waals surface area (Å²) in [4.78, 5) is 24.3. The Hall–Kier alpha value is -2.37. The van der Waals surface area contributed by atoms with Gasteiger partial charge in [0.1, 0.15) is 11.6 Å². The van der Waals surface area contributed by atoms with Crippen molar-refractivity contribution in [2.75, 3.05) is 0 Å². The number of halogens is 3. The fourth-order valence-corrected chi connectivity index (χ4v) is 2.43. The minimum Gasteiger partial charge on any atom is -0.304 e. The van der Waals surface area contributed by atoms with Crippen LogP contribution in [0.4, 0.5) is 13.2 Å². The predicted molar refractivity (Wildman–Crippen MR) is 97.0 cm³/mol. The van der Waals surface area contributed by atoms with E-state index >= 15 is 0 Å². The smallest absolute Gasteiger partial charge is 0.304 e. The Bertz CT molecular complexity index is 937. The van der Waals surface area contributed by atoms with E-state index in [1.165, 1.54) is 19.9 Å². The van der Waals surface area contributed by atoms with Gasteiger partial charge in [-0.15, -0.1) is 29.8 Å². The topological polar surface area (TPSA) is 47.0 Å². The number of benzene rings is 2. The van der Waals surface area contributed by atoms with Gasteiger partial charge >= 0.3 is 6.18 Å². The van der Waals surface area contributed by atoms with Crippen LogP contribution in [0.15, 0.2) is 54.7 Å². The van der Waals surface area contributed by atoms with Crippen LogP contribution in [0.25, 0.3) is 22.0 Å². The first-order valence-electron chi connectivity index (χ1n) is 8.10. The fourth-order valence-electron chi connectivity index (χ4n) is 2.43. The van der Waals surface area contributed by atoms with E-state index in [1.807, 2.05) is 30.3 Å². The molecule has 28 heavy (non-hydrogen) atoms. The van der Waals surface area contributed by atoms with Gasteiger partial charge in [0.25, 0.3) is 0 Å². The molecule has 0 atom stereocenters. The van der Waals surface area contributed by atoms with E-state index in [2.05, 4.69) is 11.1 Å². The molecule has 0 aliphatic rings. The van der Waals surface area contributed by atoms with Crippen molar-refractivity contribution in [3.63, 3.8) is 0 Å². The number of fused-ring (bicyclic) bond motifs is 1. The van der Waals surface area contributed by atoms with Gasteiger partial charge in [-0.25, -0.2) is 0 Å². The Balaban J connectivity index is 0.000000425. The zero-order valence-corrected chi connectivity index (χ0v) is 17.5. The standard InChI is InChI=1S/C16H9F3N.C5H8O2.Ir/c17-16(18,19)13-7-5-12(6-8-13)15-14-4-2-1-3-11(14)9-10-20-15;1-4(6)3-5(2)7;/h1-5,7-10H;3H2,1-2H3;/q-1;;. The molecule has 0 aliphatic carbocycles. The first kappa shape index (κ1) is 23.7. The van der Waals surface area contributed by atoms with E-state index in [0.717, 1.165) is 22.9 Å². The molecule has 0 bridgehead atoms. The van der Waals surface area contributed by atoms with E-state index in [0.29, 0.717) is 11.3 Å². The first-order chi connectivity index (χ1) is 12.7. The minimum absolute atomic E-state index is 0. The van der Waals surface area contributed by atoms with E-state index in [1.54, 1.807) is 6.20 Å². The monoisotopic (exact) mass is 565 g/mol. The van der Waals surface area contributed by atoms with E-state index in [4.69, 9.17) is 0 Å². The van der Waals surface area contributed by atoms with Gasteiger partial charge in [-0.1, -0.05) is 24.3 Å². The quantitative estimate of drug-likeness (QED) is 0.322. The molecule has 0 fully saturated rings. The molecule has 3 aromatic rings. The van der Waals surface area contributed by atoms with Crippen molar-refractivity contribution in [3.05, 3.63) is 66.4 Å². The van der Waals surface area contributed by atoms with Crippen LogP contribution >= 0.6 is 0 Å². The van der Waals surface area contributed by atoms with Crippen LogP contribution in [0.2, 0.25) is 0 Å². The Morgan fingerprint density at radius 1 is 1.00 bits per heavy atom. The molecular weight excluding hydrogens is 547 g/mol. The van der Waals surface area contributed by atoms with Gasteiger partial charge in [0.05, 0.1) is 6.42 Å². The zero-order chi connectivity index (χ0) is 20.0. The van der Waals surface area contributed by atoms with Gasteiger partial charge < -0.3 is 4.98 Å². The van der Waals surface area contributed by atoms with Gasteiger partial charge in [-0.05, 0) is 41.9 Å². The van der Waals surface area contributed by atoms with Gasteiger partial charge in [0, 0.05) is 26.3 Å². The molecule has 3 nitrogen and oxygen atoms in total. The summed E-state index contributed by atoms with van der Waals surface area (Å²) in [5.41, 5.74) is 0.480. The third-order valence-electron chi connectivity index (χ3n) is 3.57. The molecule has 0 aliphatic heterocycles. The molecule has 0 amide bonds. The summed E-state index contributed by atoms with van der Waals surface area (Å²) in [6, 6.07) is 15.5. The maximum absolute atomic E-state index is 12.5. The summed E-state index contributed by atoms with van der Waals surface area (Å²) < 4.78 is 37.6. The van der Waals surface area contributed by atoms with Crippen LogP contribution in [-0.4, -0.2) is 16.6 Å². The molecule has 7 heteroatoms. The normalized spacial score (nSPS) is 10.5. The van der Waals surface area contributed by atoms with Crippen LogP contribution in [0.5, 0.6) is 0 Å². The molecule has 3 rings (SSSR count). The number of carbonyl (C=O) groups excluding carboxylic acids is 2. The molecule has 0 unspecified atom stereocenters. The summed E-state index contributed by atoms with van der Waals surface area (Å²) in [6.07, 6.45) is -2.62. The first-order valence-corrected chi connectivity index (χ1v) is 8.10. The second-order valence-electron chi connectivity index (χ2n) is 5.95. The molecule has 2 aromatic carbocycles. The number of hydrogen-bond acceptors (Lipinski definition) is 3. The predicted octanol–water partition coefficient (Wildman–Crippen LogP) is 5.27. The number of rotatable bonds is 3. The van der Waals surface area contributed by atoms with E-state index in [-0.39, 0.29) is 38.1 Å². The maximum atomic E-state index is 12.5. The summed E-state index contributed by atoms with van der Waals surface area (Å²) in [5.74, 6) is -0.125. The van der Waals surface area contributed by atoms with Crippen LogP contribution in [0, 0.1) is 6.07 Å². The van der Waals surface area contributed by atoms with Gasteiger partial charge in [0.2, 0.25) is 0 Å². The molecule has 0 saturated heterocycles. The summed E-state index contributed by atoms with van der Waals surface area (Å²) in [7, 11) is 0. The second-order valence-corrected chi connectivity index (χ2v) is 5.95. The summed E-state index contributed by atoms with van der Waals surface area (Å²) in [6.45, 7) is 2.81. The molecule has 0 spiro atoms. The molecular formula is C21H17F3IrNO2-. The van der Waals surface area contributed by atoms with Crippen molar-refractivity contribution in [1.82, 2.24) is 4.98 Å². The minimum atomic E-state index is -4.35. The fraction of sp³-hybridized carbons (Fsp3) is 0.190. The third-order valence-corrected chi connectivity index (χ3v) is 3.57. The average Bonchev–Trinajstić information content (AvgIpc) is 2.60. The van der Waals surface area contributed by atoms with Crippen molar-refractivity contribution in [2.45, 2.75) is 26.4 Å². The number of nitrogens with zero attached hydrogens (tertiary/aromatic N) is 1. The second kappa shape index (κ2) is 10.2. The van der Waals surface area contributed by atoms with E-state index in [9.17, 15) is 22.8 Å². The number of ketones is 2. The molecule has 0 N–H and O–H groups in total. The van der Waals surface area contributed by atoms with Crippen LogP contribution < -0.4 is 0 Å². The van der Waals surface area contributed by atoms with Crippen molar-refractivity contribution in [3.8, 4) is 11.3 Å². The molecule has 1 heterocycles. The van der Waals surface area contributed by atoms with Crippen LogP contribution in [0.1, 0.15) is 25.8 Å². The zero-order valence-electron chi connectivity index (χ0n) is 15.1. The van der Waals surface area contributed by atoms with Crippen molar-refractivity contribution >= 4 is 22.3 Å². The van der Waals surface area contributed by atoms with Gasteiger partial charge in [-0.3, -0.25) is 9.59 Å². The molecule has 1 aromatic heterocycles. The molecule has 0 saturated carbocycles. The Kier molecular flexibility index (Phi) is 8.66. The van der Waals surface area contributed by atoms with Crippen molar-refractivity contribution in [1.29, 1.82) is 0 Å². The molecule has 1 radical (unpaired) electrons. The van der Waals surface area contributed by atoms with Gasteiger partial charge in [0.15, 0.2) is 0 Å². The number of Topliss-reactive ketones (excluding diaryl/α,β-unsaturated/α-hetero) is 2. The number of alkyl halides is 3. The van der Waals surface area contributed by atoms with Crippen LogP contribution in [0.3, 0.4) is 0 Å². The van der Waals surface area contributed by atoms with Crippen molar-refractivity contribution in [2.24, 2.45) is 0 Å². The average molecular weight is 565 g/mol. The maximum Gasteiger partial charge on any atom is 0.381 e. The number of hydrogen-bond donors (Lipinski definition) is 0. The molecule has 149 valence electrons. The SMILES string of the molecule is CC(=O)CC(C)=O.FC(F)(F)c1c[c-]c(-c2nccc3ccccc23)cc1.[Ir]. The van der Waals surface area contributed by atoms with Crippen LogP contribution in [-0.2, 0) is 35.9 Å². The summed E-state index contributed by atoms with van der Waals surface area (Å²) >= 11 is 0. The number of carbonyl (C=O) groups is 2.